The minimum atomic E-state index is -0.132. The van der Waals surface area contributed by atoms with Crippen molar-refractivity contribution in [3.05, 3.63) is 59.2 Å². The Hall–Kier alpha value is -2.49. The molecule has 0 aliphatic rings. The van der Waals surface area contributed by atoms with Crippen molar-refractivity contribution >= 4 is 5.91 Å². The zero-order valence-corrected chi connectivity index (χ0v) is 14.8. The maximum Gasteiger partial charge on any atom is 0.251 e. The molecule has 2 rings (SSSR count). The lowest BCUT2D eigenvalue weighted by molar-refractivity contribution is 0.0939. The fraction of sp³-hybridized carbons (Fsp3) is 0.350. The maximum atomic E-state index is 12.5. The van der Waals surface area contributed by atoms with Crippen molar-refractivity contribution in [3.63, 3.8) is 0 Å². The Labute approximate surface area is 143 Å². The normalized spacial score (nSPS) is 11.7. The number of aryl methyl sites for hydroxylation is 1. The topological polar surface area (TPSA) is 47.6 Å². The molecule has 1 N–H and O–H groups in total. The fourth-order valence-electron chi connectivity index (χ4n) is 2.41. The predicted octanol–water partition coefficient (Wildman–Crippen LogP) is 4.28. The van der Waals surface area contributed by atoms with E-state index in [4.69, 9.17) is 9.47 Å². The van der Waals surface area contributed by atoms with Crippen LogP contribution in [0.5, 0.6) is 11.5 Å². The van der Waals surface area contributed by atoms with Crippen LogP contribution in [0.15, 0.2) is 42.5 Å². The second kappa shape index (κ2) is 8.39. The van der Waals surface area contributed by atoms with Gasteiger partial charge in [0.1, 0.15) is 0 Å². The molecule has 2 aromatic rings. The van der Waals surface area contributed by atoms with Gasteiger partial charge < -0.3 is 14.8 Å². The average Bonchev–Trinajstić information content (AvgIpc) is 2.57. The van der Waals surface area contributed by atoms with E-state index >= 15 is 0 Å². The van der Waals surface area contributed by atoms with Gasteiger partial charge in [0.05, 0.1) is 19.3 Å². The Balaban J connectivity index is 2.13. The number of hydrogen-bond acceptors (Lipinski definition) is 3. The first-order valence-corrected chi connectivity index (χ1v) is 8.32. The molecule has 0 bridgehead atoms. The van der Waals surface area contributed by atoms with Crippen molar-refractivity contribution in [1.29, 1.82) is 0 Å². The Bertz CT molecular complexity index is 680. The van der Waals surface area contributed by atoms with E-state index in [1.807, 2.05) is 52.0 Å². The van der Waals surface area contributed by atoms with Crippen LogP contribution in [0.3, 0.4) is 0 Å². The van der Waals surface area contributed by atoms with E-state index in [2.05, 4.69) is 5.32 Å². The van der Waals surface area contributed by atoms with Crippen LogP contribution in [-0.2, 0) is 0 Å². The Morgan fingerprint density at radius 2 is 1.62 bits per heavy atom. The molecule has 0 aromatic heterocycles. The SMILES string of the molecule is CCOc1ccc(C(=O)NC(C)c2ccc(C)cc2)cc1OCC. The Kier molecular flexibility index (Phi) is 6.24. The molecule has 128 valence electrons. The van der Waals surface area contributed by atoms with Crippen molar-refractivity contribution in [2.45, 2.75) is 33.7 Å². The summed E-state index contributed by atoms with van der Waals surface area (Å²) in [7, 11) is 0. The molecule has 4 nitrogen and oxygen atoms in total. The van der Waals surface area contributed by atoms with Crippen LogP contribution >= 0.6 is 0 Å². The lowest BCUT2D eigenvalue weighted by Crippen LogP contribution is -2.26. The summed E-state index contributed by atoms with van der Waals surface area (Å²) in [5.41, 5.74) is 2.83. The van der Waals surface area contributed by atoms with Crippen LogP contribution in [-0.4, -0.2) is 19.1 Å². The third-order valence-corrected chi connectivity index (χ3v) is 3.73. The van der Waals surface area contributed by atoms with Crippen LogP contribution in [0, 0.1) is 6.92 Å². The number of carbonyl (C=O) groups excluding carboxylic acids is 1. The molecule has 0 saturated carbocycles. The van der Waals surface area contributed by atoms with Gasteiger partial charge in [-0.1, -0.05) is 29.8 Å². The molecular formula is C20H25NO3. The van der Waals surface area contributed by atoms with Crippen molar-refractivity contribution < 1.29 is 14.3 Å². The molecule has 0 spiro atoms. The number of nitrogens with one attached hydrogen (secondary N) is 1. The highest BCUT2D eigenvalue weighted by atomic mass is 16.5. The van der Waals surface area contributed by atoms with E-state index in [0.29, 0.717) is 30.3 Å². The first kappa shape index (κ1) is 17.9. The third kappa shape index (κ3) is 4.51. The summed E-state index contributed by atoms with van der Waals surface area (Å²) in [6.07, 6.45) is 0. The van der Waals surface area contributed by atoms with Crippen LogP contribution in [0.4, 0.5) is 0 Å². The van der Waals surface area contributed by atoms with Gasteiger partial charge in [-0.25, -0.2) is 0 Å². The summed E-state index contributed by atoms with van der Waals surface area (Å²) in [5, 5.41) is 3.02. The van der Waals surface area contributed by atoms with Gasteiger partial charge in [0.15, 0.2) is 11.5 Å². The molecule has 0 heterocycles. The minimum absolute atomic E-state index is 0.0692. The molecule has 0 aliphatic carbocycles. The molecule has 4 heteroatoms. The lowest BCUT2D eigenvalue weighted by Gasteiger charge is -2.16. The molecule has 0 radical (unpaired) electrons. The van der Waals surface area contributed by atoms with Crippen LogP contribution in [0.1, 0.15) is 48.3 Å². The van der Waals surface area contributed by atoms with Gasteiger partial charge in [-0.3, -0.25) is 4.79 Å². The summed E-state index contributed by atoms with van der Waals surface area (Å²) < 4.78 is 11.1. The number of amides is 1. The number of ether oxygens (including phenoxy) is 2. The van der Waals surface area contributed by atoms with Crippen LogP contribution in [0.2, 0.25) is 0 Å². The molecule has 1 unspecified atom stereocenters. The van der Waals surface area contributed by atoms with E-state index in [-0.39, 0.29) is 11.9 Å². The number of benzene rings is 2. The van der Waals surface area contributed by atoms with E-state index in [1.54, 1.807) is 18.2 Å². The summed E-state index contributed by atoms with van der Waals surface area (Å²) >= 11 is 0. The molecule has 0 saturated heterocycles. The zero-order chi connectivity index (χ0) is 17.5. The van der Waals surface area contributed by atoms with Crippen LogP contribution in [0.25, 0.3) is 0 Å². The highest BCUT2D eigenvalue weighted by Crippen LogP contribution is 2.28. The number of rotatable bonds is 7. The van der Waals surface area contributed by atoms with Crippen molar-refractivity contribution in [2.24, 2.45) is 0 Å². The van der Waals surface area contributed by atoms with E-state index in [1.165, 1.54) is 5.56 Å². The van der Waals surface area contributed by atoms with Gasteiger partial charge in [-0.2, -0.15) is 0 Å². The Morgan fingerprint density at radius 3 is 2.25 bits per heavy atom. The average molecular weight is 327 g/mol. The quantitative estimate of drug-likeness (QED) is 0.825. The monoisotopic (exact) mass is 327 g/mol. The smallest absolute Gasteiger partial charge is 0.251 e. The molecular weight excluding hydrogens is 302 g/mol. The molecule has 0 fully saturated rings. The first-order chi connectivity index (χ1) is 11.5. The highest BCUT2D eigenvalue weighted by molar-refractivity contribution is 5.95. The zero-order valence-electron chi connectivity index (χ0n) is 14.8. The number of hydrogen-bond donors (Lipinski definition) is 1. The summed E-state index contributed by atoms with van der Waals surface area (Å²) in [5.74, 6) is 1.12. The van der Waals surface area contributed by atoms with Crippen LogP contribution < -0.4 is 14.8 Å². The second-order valence-corrected chi connectivity index (χ2v) is 5.63. The van der Waals surface area contributed by atoms with Gasteiger partial charge in [0.2, 0.25) is 0 Å². The molecule has 24 heavy (non-hydrogen) atoms. The fourth-order valence-corrected chi connectivity index (χ4v) is 2.41. The largest absolute Gasteiger partial charge is 0.490 e. The van der Waals surface area contributed by atoms with E-state index in [9.17, 15) is 4.79 Å². The summed E-state index contributed by atoms with van der Waals surface area (Å²) in [6, 6.07) is 13.3. The van der Waals surface area contributed by atoms with E-state index < -0.39 is 0 Å². The van der Waals surface area contributed by atoms with Gasteiger partial charge in [-0.15, -0.1) is 0 Å². The predicted molar refractivity (Wildman–Crippen MR) is 95.8 cm³/mol. The second-order valence-electron chi connectivity index (χ2n) is 5.63. The summed E-state index contributed by atoms with van der Waals surface area (Å²) in [4.78, 5) is 12.5. The molecule has 0 aliphatic heterocycles. The molecule has 2 aromatic carbocycles. The summed E-state index contributed by atoms with van der Waals surface area (Å²) in [6.45, 7) is 8.91. The first-order valence-electron chi connectivity index (χ1n) is 8.32. The van der Waals surface area contributed by atoms with E-state index in [0.717, 1.165) is 5.56 Å². The standard InChI is InChI=1S/C20H25NO3/c1-5-23-18-12-11-17(13-19(18)24-6-2)20(22)21-15(4)16-9-7-14(3)8-10-16/h7-13,15H,5-6H2,1-4H3,(H,21,22). The highest BCUT2D eigenvalue weighted by Gasteiger charge is 2.14. The Morgan fingerprint density at radius 1 is 1.00 bits per heavy atom. The lowest BCUT2D eigenvalue weighted by atomic mass is 10.1. The number of carbonyl (C=O) groups is 1. The third-order valence-electron chi connectivity index (χ3n) is 3.73. The molecule has 1 amide bonds. The van der Waals surface area contributed by atoms with Gasteiger partial charge in [0.25, 0.3) is 5.91 Å². The minimum Gasteiger partial charge on any atom is -0.490 e. The maximum absolute atomic E-state index is 12.5. The van der Waals surface area contributed by atoms with Crippen molar-refractivity contribution in [2.75, 3.05) is 13.2 Å². The van der Waals surface area contributed by atoms with Gasteiger partial charge in [0, 0.05) is 5.56 Å². The van der Waals surface area contributed by atoms with Crippen molar-refractivity contribution in [3.8, 4) is 11.5 Å². The molecule has 1 atom stereocenters. The van der Waals surface area contributed by atoms with Gasteiger partial charge in [-0.05, 0) is 51.5 Å². The van der Waals surface area contributed by atoms with Gasteiger partial charge >= 0.3 is 0 Å². The van der Waals surface area contributed by atoms with Crippen molar-refractivity contribution in [1.82, 2.24) is 5.32 Å².